The zero-order valence-electron chi connectivity index (χ0n) is 13.8. The van der Waals surface area contributed by atoms with E-state index in [1.807, 2.05) is 30.3 Å². The first-order valence-corrected chi connectivity index (χ1v) is 9.03. The number of para-hydroxylation sites is 1. The Kier molecular flexibility index (Phi) is 6.57. The van der Waals surface area contributed by atoms with Crippen LogP contribution in [-0.4, -0.2) is 42.9 Å². The summed E-state index contributed by atoms with van der Waals surface area (Å²) in [5.41, 5.74) is 2.13. The van der Waals surface area contributed by atoms with Crippen molar-refractivity contribution < 1.29 is 14.6 Å². The van der Waals surface area contributed by atoms with Gasteiger partial charge in [0.15, 0.2) is 0 Å². The van der Waals surface area contributed by atoms with Crippen LogP contribution in [-0.2, 0) is 11.3 Å². The molecule has 134 valence electrons. The van der Waals surface area contributed by atoms with Crippen LogP contribution in [0.3, 0.4) is 0 Å². The van der Waals surface area contributed by atoms with Gasteiger partial charge in [0.25, 0.3) is 0 Å². The predicted octanol–water partition coefficient (Wildman–Crippen LogP) is 3.94. The molecule has 25 heavy (non-hydrogen) atoms. The van der Waals surface area contributed by atoms with Crippen molar-refractivity contribution in [2.75, 3.05) is 32.9 Å². The third-order valence-corrected chi connectivity index (χ3v) is 4.92. The van der Waals surface area contributed by atoms with Crippen LogP contribution < -0.4 is 4.74 Å². The van der Waals surface area contributed by atoms with E-state index in [0.717, 1.165) is 36.5 Å². The van der Waals surface area contributed by atoms with E-state index in [0.29, 0.717) is 23.3 Å². The average molecular weight is 382 g/mol. The molecule has 4 nitrogen and oxygen atoms in total. The topological polar surface area (TPSA) is 41.9 Å². The van der Waals surface area contributed by atoms with Crippen molar-refractivity contribution in [3.8, 4) is 5.75 Å². The number of aliphatic hydroxyl groups is 1. The van der Waals surface area contributed by atoms with Gasteiger partial charge in [-0.15, -0.1) is 0 Å². The number of nitrogens with zero attached hydrogens (tertiary/aromatic N) is 1. The van der Waals surface area contributed by atoms with Crippen LogP contribution in [0.5, 0.6) is 5.75 Å². The van der Waals surface area contributed by atoms with Crippen molar-refractivity contribution in [2.45, 2.75) is 12.6 Å². The summed E-state index contributed by atoms with van der Waals surface area (Å²) in [6, 6.07) is 13.6. The maximum Gasteiger partial charge on any atom is 0.123 e. The third-order valence-electron chi connectivity index (χ3n) is 4.18. The van der Waals surface area contributed by atoms with E-state index in [9.17, 15) is 0 Å². The Bertz CT molecular complexity index is 711. The molecule has 2 aromatic rings. The minimum Gasteiger partial charge on any atom is -0.491 e. The Morgan fingerprint density at radius 1 is 1.16 bits per heavy atom. The molecule has 1 N–H and O–H groups in total. The van der Waals surface area contributed by atoms with Gasteiger partial charge in [-0.05, 0) is 23.8 Å². The van der Waals surface area contributed by atoms with Gasteiger partial charge in [-0.1, -0.05) is 47.5 Å². The minimum absolute atomic E-state index is 0.00525. The highest BCUT2D eigenvalue weighted by atomic mass is 35.5. The SMILES string of the molecule is OCCOc1ccccc1CN1CCOC(c2ccc(Cl)c(Cl)c2)C1. The molecular formula is C19H21Cl2NO3. The fourth-order valence-electron chi connectivity index (χ4n) is 2.93. The lowest BCUT2D eigenvalue weighted by molar-refractivity contribution is -0.0331. The number of rotatable bonds is 6. The number of hydrogen-bond acceptors (Lipinski definition) is 4. The molecule has 0 amide bonds. The Labute approximate surface area is 157 Å². The van der Waals surface area contributed by atoms with Gasteiger partial charge in [-0.25, -0.2) is 0 Å². The molecule has 0 aromatic heterocycles. The summed E-state index contributed by atoms with van der Waals surface area (Å²) in [4.78, 5) is 2.33. The minimum atomic E-state index is -0.0333. The maximum absolute atomic E-state index is 8.97. The smallest absolute Gasteiger partial charge is 0.123 e. The molecule has 2 aromatic carbocycles. The number of hydrogen-bond donors (Lipinski definition) is 1. The zero-order valence-corrected chi connectivity index (χ0v) is 15.3. The second-order valence-electron chi connectivity index (χ2n) is 5.95. The van der Waals surface area contributed by atoms with Gasteiger partial charge in [0.05, 0.1) is 29.4 Å². The highest BCUT2D eigenvalue weighted by Crippen LogP contribution is 2.30. The molecule has 0 spiro atoms. The first-order valence-electron chi connectivity index (χ1n) is 8.28. The van der Waals surface area contributed by atoms with Gasteiger partial charge in [0, 0.05) is 25.2 Å². The van der Waals surface area contributed by atoms with E-state index in [4.69, 9.17) is 37.8 Å². The molecule has 1 fully saturated rings. The van der Waals surface area contributed by atoms with Crippen LogP contribution >= 0.6 is 23.2 Å². The fraction of sp³-hybridized carbons (Fsp3) is 0.368. The molecule has 0 bridgehead atoms. The number of aliphatic hydroxyl groups excluding tert-OH is 1. The molecule has 0 saturated carbocycles. The highest BCUT2D eigenvalue weighted by molar-refractivity contribution is 6.42. The molecule has 0 aliphatic carbocycles. The van der Waals surface area contributed by atoms with Crippen LogP contribution in [0.4, 0.5) is 0 Å². The fourth-order valence-corrected chi connectivity index (χ4v) is 3.24. The molecule has 1 aliphatic rings. The average Bonchev–Trinajstić information content (AvgIpc) is 2.63. The third kappa shape index (κ3) is 4.87. The number of halogens is 2. The van der Waals surface area contributed by atoms with Gasteiger partial charge in [-0.3, -0.25) is 4.90 Å². The largest absolute Gasteiger partial charge is 0.491 e. The van der Waals surface area contributed by atoms with Crippen molar-refractivity contribution in [3.05, 3.63) is 63.6 Å². The first-order chi connectivity index (χ1) is 12.2. The van der Waals surface area contributed by atoms with E-state index in [-0.39, 0.29) is 12.7 Å². The Hall–Kier alpha value is -1.30. The van der Waals surface area contributed by atoms with Gasteiger partial charge in [-0.2, -0.15) is 0 Å². The van der Waals surface area contributed by atoms with Crippen LogP contribution in [0.2, 0.25) is 10.0 Å². The van der Waals surface area contributed by atoms with Crippen molar-refractivity contribution in [2.24, 2.45) is 0 Å². The van der Waals surface area contributed by atoms with E-state index >= 15 is 0 Å². The first kappa shape index (κ1) is 18.5. The van der Waals surface area contributed by atoms with Gasteiger partial charge >= 0.3 is 0 Å². The molecule has 1 heterocycles. The quantitative estimate of drug-likeness (QED) is 0.822. The molecule has 6 heteroatoms. The predicted molar refractivity (Wildman–Crippen MR) is 99.5 cm³/mol. The summed E-state index contributed by atoms with van der Waals surface area (Å²) >= 11 is 12.1. The van der Waals surface area contributed by atoms with E-state index in [1.54, 1.807) is 6.07 Å². The van der Waals surface area contributed by atoms with Crippen LogP contribution in [0, 0.1) is 0 Å². The molecule has 1 saturated heterocycles. The van der Waals surface area contributed by atoms with Crippen LogP contribution in [0.1, 0.15) is 17.2 Å². The lowest BCUT2D eigenvalue weighted by Crippen LogP contribution is -2.37. The van der Waals surface area contributed by atoms with Gasteiger partial charge < -0.3 is 14.6 Å². The summed E-state index contributed by atoms with van der Waals surface area (Å²) in [7, 11) is 0. The number of ether oxygens (including phenoxy) is 2. The monoisotopic (exact) mass is 381 g/mol. The van der Waals surface area contributed by atoms with Gasteiger partial charge in [0.1, 0.15) is 12.4 Å². The number of benzene rings is 2. The standard InChI is InChI=1S/C19H21Cl2NO3/c20-16-6-5-14(11-17(16)21)19-13-22(7-9-24-19)12-15-3-1-2-4-18(15)25-10-8-23/h1-6,11,19,23H,7-10,12-13H2. The molecule has 0 radical (unpaired) electrons. The summed E-state index contributed by atoms with van der Waals surface area (Å²) in [6.45, 7) is 3.35. The molecule has 1 atom stereocenters. The number of morpholine rings is 1. The van der Waals surface area contributed by atoms with Crippen molar-refractivity contribution in [1.82, 2.24) is 4.90 Å². The normalized spacial score (nSPS) is 18.3. The van der Waals surface area contributed by atoms with E-state index in [2.05, 4.69) is 11.0 Å². The summed E-state index contributed by atoms with van der Waals surface area (Å²) < 4.78 is 11.5. The van der Waals surface area contributed by atoms with Crippen molar-refractivity contribution >= 4 is 23.2 Å². The maximum atomic E-state index is 8.97. The van der Waals surface area contributed by atoms with E-state index < -0.39 is 0 Å². The second kappa shape index (κ2) is 8.88. The highest BCUT2D eigenvalue weighted by Gasteiger charge is 2.23. The summed E-state index contributed by atoms with van der Waals surface area (Å²) in [6.07, 6.45) is -0.0333. The lowest BCUT2D eigenvalue weighted by atomic mass is 10.1. The second-order valence-corrected chi connectivity index (χ2v) is 6.76. The summed E-state index contributed by atoms with van der Waals surface area (Å²) in [5, 5.41) is 10.1. The van der Waals surface area contributed by atoms with Crippen LogP contribution in [0.25, 0.3) is 0 Å². The summed E-state index contributed by atoms with van der Waals surface area (Å²) in [5.74, 6) is 0.814. The van der Waals surface area contributed by atoms with Crippen molar-refractivity contribution in [1.29, 1.82) is 0 Å². The molecule has 1 unspecified atom stereocenters. The molecule has 3 rings (SSSR count). The lowest BCUT2D eigenvalue weighted by Gasteiger charge is -2.33. The molecular weight excluding hydrogens is 361 g/mol. The van der Waals surface area contributed by atoms with Crippen LogP contribution in [0.15, 0.2) is 42.5 Å². The Balaban J connectivity index is 1.69. The van der Waals surface area contributed by atoms with Crippen molar-refractivity contribution in [3.63, 3.8) is 0 Å². The molecule has 1 aliphatic heterocycles. The van der Waals surface area contributed by atoms with Gasteiger partial charge in [0.2, 0.25) is 0 Å². The van der Waals surface area contributed by atoms with E-state index in [1.165, 1.54) is 0 Å². The Morgan fingerprint density at radius 2 is 2.00 bits per heavy atom. The Morgan fingerprint density at radius 3 is 2.80 bits per heavy atom. The zero-order chi connectivity index (χ0) is 17.6.